The zero-order valence-electron chi connectivity index (χ0n) is 13.2. The first-order valence-corrected chi connectivity index (χ1v) is 7.88. The molecular formula is C16H25N3O3. The molecule has 1 aromatic rings. The highest BCUT2D eigenvalue weighted by molar-refractivity contribution is 5.98. The van der Waals surface area contributed by atoms with Crippen molar-refractivity contribution in [3.8, 4) is 0 Å². The molecule has 6 nitrogen and oxygen atoms in total. The zero-order valence-corrected chi connectivity index (χ0v) is 13.2. The van der Waals surface area contributed by atoms with Crippen molar-refractivity contribution in [3.63, 3.8) is 0 Å². The van der Waals surface area contributed by atoms with Gasteiger partial charge < -0.3 is 19.7 Å². The molecule has 2 heterocycles. The number of hydrogen-bond acceptors (Lipinski definition) is 5. The molecule has 0 aromatic carbocycles. The van der Waals surface area contributed by atoms with Crippen LogP contribution >= 0.6 is 0 Å². The number of carbonyl (C=O) groups excluding carboxylic acids is 1. The van der Waals surface area contributed by atoms with E-state index in [-0.39, 0.29) is 5.91 Å². The molecular weight excluding hydrogens is 282 g/mol. The van der Waals surface area contributed by atoms with Gasteiger partial charge in [0.15, 0.2) is 0 Å². The van der Waals surface area contributed by atoms with Gasteiger partial charge in [-0.1, -0.05) is 0 Å². The number of nitrogens with one attached hydrogen (secondary N) is 1. The Morgan fingerprint density at radius 2 is 2.14 bits per heavy atom. The molecule has 1 amide bonds. The number of nitrogens with zero attached hydrogens (tertiary/aromatic N) is 2. The van der Waals surface area contributed by atoms with Gasteiger partial charge >= 0.3 is 0 Å². The Labute approximate surface area is 131 Å². The lowest BCUT2D eigenvalue weighted by Gasteiger charge is -2.19. The lowest BCUT2D eigenvalue weighted by atomic mass is 10.2. The van der Waals surface area contributed by atoms with E-state index in [0.717, 1.165) is 38.2 Å². The number of amides is 1. The highest BCUT2D eigenvalue weighted by Crippen LogP contribution is 2.21. The molecule has 1 N–H and O–H groups in total. The van der Waals surface area contributed by atoms with Gasteiger partial charge in [0.2, 0.25) is 0 Å². The van der Waals surface area contributed by atoms with Crippen LogP contribution in [0, 0.1) is 0 Å². The van der Waals surface area contributed by atoms with Gasteiger partial charge in [0, 0.05) is 39.5 Å². The number of methoxy groups -OCH3 is 1. The maximum atomic E-state index is 12.3. The van der Waals surface area contributed by atoms with E-state index >= 15 is 0 Å². The molecule has 0 saturated carbocycles. The lowest BCUT2D eigenvalue weighted by Crippen LogP contribution is -2.29. The fraction of sp³-hybridized carbons (Fsp3) is 0.625. The molecule has 122 valence electrons. The van der Waals surface area contributed by atoms with Crippen LogP contribution < -0.4 is 10.2 Å². The zero-order chi connectivity index (χ0) is 15.6. The Bertz CT molecular complexity index is 462. The van der Waals surface area contributed by atoms with Gasteiger partial charge in [0.25, 0.3) is 5.91 Å². The van der Waals surface area contributed by atoms with E-state index in [2.05, 4.69) is 15.2 Å². The average Bonchev–Trinajstić information content (AvgIpc) is 3.08. The largest absolute Gasteiger partial charge is 0.382 e. The van der Waals surface area contributed by atoms with Crippen LogP contribution in [0.2, 0.25) is 0 Å². The maximum absolute atomic E-state index is 12.3. The second-order valence-corrected chi connectivity index (χ2v) is 5.28. The van der Waals surface area contributed by atoms with Crippen LogP contribution in [-0.4, -0.2) is 57.5 Å². The molecule has 0 radical (unpaired) electrons. The number of aromatic nitrogens is 1. The minimum absolute atomic E-state index is 0.0631. The van der Waals surface area contributed by atoms with Crippen molar-refractivity contribution in [3.05, 3.63) is 23.9 Å². The monoisotopic (exact) mass is 307 g/mol. The van der Waals surface area contributed by atoms with Crippen molar-refractivity contribution in [2.45, 2.75) is 19.3 Å². The van der Waals surface area contributed by atoms with Gasteiger partial charge in [-0.05, 0) is 31.4 Å². The second-order valence-electron chi connectivity index (χ2n) is 5.28. The third kappa shape index (κ3) is 4.96. The predicted octanol–water partition coefficient (Wildman–Crippen LogP) is 1.46. The molecule has 1 saturated heterocycles. The summed E-state index contributed by atoms with van der Waals surface area (Å²) < 4.78 is 10.3. The summed E-state index contributed by atoms with van der Waals surface area (Å²) in [6, 6.07) is 3.65. The lowest BCUT2D eigenvalue weighted by molar-refractivity contribution is 0.0688. The number of pyridine rings is 1. The summed E-state index contributed by atoms with van der Waals surface area (Å²) in [5, 5.41) is 2.94. The van der Waals surface area contributed by atoms with E-state index in [1.807, 2.05) is 12.1 Å². The molecule has 0 bridgehead atoms. The number of rotatable bonds is 9. The molecule has 0 spiro atoms. The smallest absolute Gasteiger partial charge is 0.255 e. The molecule has 0 atom stereocenters. The van der Waals surface area contributed by atoms with Crippen LogP contribution in [0.25, 0.3) is 0 Å². The normalized spacial score (nSPS) is 14.3. The van der Waals surface area contributed by atoms with E-state index in [0.29, 0.717) is 31.9 Å². The first kappa shape index (κ1) is 16.7. The third-order valence-corrected chi connectivity index (χ3v) is 3.62. The van der Waals surface area contributed by atoms with Crippen molar-refractivity contribution in [1.29, 1.82) is 0 Å². The van der Waals surface area contributed by atoms with Gasteiger partial charge in [0.05, 0.1) is 18.8 Å². The average molecular weight is 307 g/mol. The van der Waals surface area contributed by atoms with Gasteiger partial charge in [-0.15, -0.1) is 0 Å². The molecule has 1 aliphatic heterocycles. The molecule has 22 heavy (non-hydrogen) atoms. The van der Waals surface area contributed by atoms with Gasteiger partial charge in [0.1, 0.15) is 5.82 Å². The summed E-state index contributed by atoms with van der Waals surface area (Å²) in [6.07, 6.45) is 4.86. The van der Waals surface area contributed by atoms with Crippen molar-refractivity contribution in [1.82, 2.24) is 10.3 Å². The van der Waals surface area contributed by atoms with Crippen LogP contribution in [0.3, 0.4) is 0 Å². The Kier molecular flexibility index (Phi) is 7.12. The number of hydrogen-bond donors (Lipinski definition) is 1. The molecule has 0 unspecified atom stereocenters. The minimum atomic E-state index is -0.0631. The first-order chi connectivity index (χ1) is 10.8. The van der Waals surface area contributed by atoms with Crippen molar-refractivity contribution >= 4 is 11.7 Å². The molecule has 6 heteroatoms. The van der Waals surface area contributed by atoms with E-state index in [4.69, 9.17) is 9.47 Å². The molecule has 1 aromatic heterocycles. The van der Waals surface area contributed by atoms with Crippen molar-refractivity contribution in [2.24, 2.45) is 0 Å². The van der Waals surface area contributed by atoms with Crippen LogP contribution in [0.4, 0.5) is 5.82 Å². The van der Waals surface area contributed by atoms with Crippen LogP contribution in [-0.2, 0) is 9.47 Å². The summed E-state index contributed by atoms with van der Waals surface area (Å²) >= 11 is 0. The van der Waals surface area contributed by atoms with Gasteiger partial charge in [-0.2, -0.15) is 0 Å². The van der Waals surface area contributed by atoms with Crippen LogP contribution in [0.1, 0.15) is 29.6 Å². The Hall–Kier alpha value is -1.66. The second kappa shape index (κ2) is 9.38. The molecule has 0 aliphatic carbocycles. The predicted molar refractivity (Wildman–Crippen MR) is 85.3 cm³/mol. The van der Waals surface area contributed by atoms with Gasteiger partial charge in [-0.3, -0.25) is 4.79 Å². The van der Waals surface area contributed by atoms with E-state index in [9.17, 15) is 4.79 Å². The summed E-state index contributed by atoms with van der Waals surface area (Å²) in [5.74, 6) is 0.737. The Balaban J connectivity index is 1.77. The minimum Gasteiger partial charge on any atom is -0.382 e. The summed E-state index contributed by atoms with van der Waals surface area (Å²) in [7, 11) is 1.65. The molecule has 1 aliphatic rings. The third-order valence-electron chi connectivity index (χ3n) is 3.62. The number of anilines is 1. The van der Waals surface area contributed by atoms with Crippen molar-refractivity contribution in [2.75, 3.05) is 51.5 Å². The van der Waals surface area contributed by atoms with Crippen LogP contribution in [0.15, 0.2) is 18.3 Å². The Morgan fingerprint density at radius 1 is 1.32 bits per heavy atom. The summed E-state index contributed by atoms with van der Waals surface area (Å²) in [6.45, 7) is 4.36. The first-order valence-electron chi connectivity index (χ1n) is 7.88. The fourth-order valence-corrected chi connectivity index (χ4v) is 2.47. The topological polar surface area (TPSA) is 63.7 Å². The van der Waals surface area contributed by atoms with E-state index < -0.39 is 0 Å². The quantitative estimate of drug-likeness (QED) is 0.700. The highest BCUT2D eigenvalue weighted by Gasteiger charge is 2.20. The summed E-state index contributed by atoms with van der Waals surface area (Å²) in [4.78, 5) is 18.9. The number of ether oxygens (including phenoxy) is 2. The highest BCUT2D eigenvalue weighted by atomic mass is 16.5. The molecule has 2 rings (SSSR count). The van der Waals surface area contributed by atoms with E-state index in [1.54, 1.807) is 13.3 Å². The van der Waals surface area contributed by atoms with Crippen LogP contribution in [0.5, 0.6) is 0 Å². The maximum Gasteiger partial charge on any atom is 0.255 e. The standard InChI is InChI=1S/C16H25N3O3/c1-21-12-13-22-11-5-8-18-16(20)14-6-4-7-17-15(14)19-9-2-3-10-19/h4,6-7H,2-3,5,8-13H2,1H3,(H,18,20). The Morgan fingerprint density at radius 3 is 2.91 bits per heavy atom. The number of carbonyl (C=O) groups is 1. The fourth-order valence-electron chi connectivity index (χ4n) is 2.47. The van der Waals surface area contributed by atoms with Crippen molar-refractivity contribution < 1.29 is 14.3 Å². The summed E-state index contributed by atoms with van der Waals surface area (Å²) in [5.41, 5.74) is 0.657. The van der Waals surface area contributed by atoms with E-state index in [1.165, 1.54) is 0 Å². The SMILES string of the molecule is COCCOCCCNC(=O)c1cccnc1N1CCCC1. The van der Waals surface area contributed by atoms with Gasteiger partial charge in [-0.25, -0.2) is 4.98 Å². The molecule has 1 fully saturated rings.